The summed E-state index contributed by atoms with van der Waals surface area (Å²) in [4.78, 5) is 0. The fourth-order valence-corrected chi connectivity index (χ4v) is 0.865. The van der Waals surface area contributed by atoms with Gasteiger partial charge in [0, 0.05) is 6.54 Å². The van der Waals surface area contributed by atoms with Gasteiger partial charge in [-0.05, 0) is 25.1 Å². The van der Waals surface area contributed by atoms with Gasteiger partial charge >= 0.3 is 0 Å². The maximum Gasteiger partial charge on any atom is 0.0391 e. The lowest BCUT2D eigenvalue weighted by molar-refractivity contribution is 0.949. The van der Waals surface area contributed by atoms with Crippen molar-refractivity contribution in [2.75, 3.05) is 6.54 Å². The van der Waals surface area contributed by atoms with Gasteiger partial charge < -0.3 is 5.32 Å². The topological polar surface area (TPSA) is 12.0 Å². The summed E-state index contributed by atoms with van der Waals surface area (Å²) in [6.45, 7) is 8.63. The van der Waals surface area contributed by atoms with Gasteiger partial charge in [0.05, 0.1) is 0 Å². The molecule has 11 heavy (non-hydrogen) atoms. The predicted octanol–water partition coefficient (Wildman–Crippen LogP) is 2.63. The van der Waals surface area contributed by atoms with Crippen molar-refractivity contribution in [1.29, 1.82) is 0 Å². The summed E-state index contributed by atoms with van der Waals surface area (Å²) in [5.74, 6) is 0. The lowest BCUT2D eigenvalue weighted by atomic mass is 10.2. The Morgan fingerprint density at radius 2 is 2.27 bits per heavy atom. The molecule has 0 saturated heterocycles. The molecule has 1 nitrogen and oxygen atoms in total. The lowest BCUT2D eigenvalue weighted by Gasteiger charge is -2.00. The molecule has 0 aromatic rings. The molecule has 0 unspecified atom stereocenters. The Morgan fingerprint density at radius 3 is 2.73 bits per heavy atom. The zero-order valence-corrected chi connectivity index (χ0v) is 7.43. The minimum Gasteiger partial charge on any atom is -0.387 e. The Bertz CT molecular complexity index is 154. The van der Waals surface area contributed by atoms with Crippen LogP contribution in [0, 0.1) is 0 Å². The Kier molecular flexibility index (Phi) is 6.50. The number of hydrogen-bond acceptors (Lipinski definition) is 1. The first-order valence-corrected chi connectivity index (χ1v) is 4.01. The molecule has 62 valence electrons. The van der Waals surface area contributed by atoms with Crippen molar-refractivity contribution in [2.24, 2.45) is 0 Å². The van der Waals surface area contributed by atoms with Crippen LogP contribution in [0.3, 0.4) is 0 Å². The Hall–Kier alpha value is -0.980. The van der Waals surface area contributed by atoms with E-state index in [2.05, 4.69) is 31.0 Å². The summed E-state index contributed by atoms with van der Waals surface area (Å²) >= 11 is 0. The smallest absolute Gasteiger partial charge is 0.0391 e. The third-order valence-corrected chi connectivity index (χ3v) is 1.30. The van der Waals surface area contributed by atoms with Gasteiger partial charge in [-0.25, -0.2) is 0 Å². The largest absolute Gasteiger partial charge is 0.387 e. The van der Waals surface area contributed by atoms with E-state index in [-0.39, 0.29) is 0 Å². The Morgan fingerprint density at radius 1 is 1.55 bits per heavy atom. The molecule has 0 aromatic heterocycles. The van der Waals surface area contributed by atoms with Crippen molar-refractivity contribution in [3.63, 3.8) is 0 Å². The van der Waals surface area contributed by atoms with E-state index in [1.807, 2.05) is 13.0 Å². The van der Waals surface area contributed by atoms with Crippen LogP contribution >= 0.6 is 0 Å². The second-order valence-electron chi connectivity index (χ2n) is 2.27. The van der Waals surface area contributed by atoms with Gasteiger partial charge in [-0.2, -0.15) is 0 Å². The van der Waals surface area contributed by atoms with E-state index in [1.165, 1.54) is 5.57 Å². The standard InChI is InChI=1S/C10H17N/c1-4-7-10(8-5-2)9-11-6-3/h4,6-8,11H,3,5,9H2,1-2H3/b7-4-,10-8+. The first kappa shape index (κ1) is 10.0. The molecule has 0 bridgehead atoms. The zero-order valence-electron chi connectivity index (χ0n) is 7.43. The van der Waals surface area contributed by atoms with Crippen molar-refractivity contribution in [1.82, 2.24) is 5.32 Å². The molecular formula is C10H17N. The van der Waals surface area contributed by atoms with E-state index in [9.17, 15) is 0 Å². The van der Waals surface area contributed by atoms with Crippen LogP contribution < -0.4 is 5.32 Å². The van der Waals surface area contributed by atoms with E-state index in [0.29, 0.717) is 0 Å². The molecule has 0 spiro atoms. The Balaban J connectivity index is 3.88. The van der Waals surface area contributed by atoms with Crippen molar-refractivity contribution >= 4 is 0 Å². The fourth-order valence-electron chi connectivity index (χ4n) is 0.865. The average Bonchev–Trinajstić information content (AvgIpc) is 2.01. The van der Waals surface area contributed by atoms with Gasteiger partial charge in [-0.3, -0.25) is 0 Å². The molecule has 0 aliphatic rings. The highest BCUT2D eigenvalue weighted by Gasteiger charge is 1.86. The van der Waals surface area contributed by atoms with Gasteiger partial charge in [0.2, 0.25) is 0 Å². The van der Waals surface area contributed by atoms with Crippen LogP contribution in [-0.4, -0.2) is 6.54 Å². The zero-order chi connectivity index (χ0) is 8.53. The molecule has 0 atom stereocenters. The highest BCUT2D eigenvalue weighted by Crippen LogP contribution is 1.96. The maximum atomic E-state index is 3.59. The van der Waals surface area contributed by atoms with Crippen LogP contribution in [0.15, 0.2) is 36.6 Å². The van der Waals surface area contributed by atoms with Gasteiger partial charge in [0.1, 0.15) is 0 Å². The van der Waals surface area contributed by atoms with E-state index >= 15 is 0 Å². The highest BCUT2D eigenvalue weighted by molar-refractivity contribution is 5.19. The maximum absolute atomic E-state index is 3.59. The molecule has 0 aliphatic heterocycles. The lowest BCUT2D eigenvalue weighted by Crippen LogP contribution is -2.07. The molecule has 0 radical (unpaired) electrons. The molecule has 1 heteroatoms. The van der Waals surface area contributed by atoms with Gasteiger partial charge in [0.25, 0.3) is 0 Å². The van der Waals surface area contributed by atoms with Gasteiger partial charge in [-0.1, -0.05) is 31.7 Å². The molecule has 0 heterocycles. The van der Waals surface area contributed by atoms with Gasteiger partial charge in [-0.15, -0.1) is 0 Å². The van der Waals surface area contributed by atoms with E-state index < -0.39 is 0 Å². The van der Waals surface area contributed by atoms with Crippen molar-refractivity contribution in [3.05, 3.63) is 36.6 Å². The second-order valence-corrected chi connectivity index (χ2v) is 2.27. The Labute approximate surface area is 69.5 Å². The molecule has 0 amide bonds. The predicted molar refractivity (Wildman–Crippen MR) is 51.4 cm³/mol. The molecule has 0 aromatic carbocycles. The molecule has 0 aliphatic carbocycles. The van der Waals surface area contributed by atoms with Crippen molar-refractivity contribution in [3.8, 4) is 0 Å². The summed E-state index contributed by atoms with van der Waals surface area (Å²) in [6, 6.07) is 0. The summed E-state index contributed by atoms with van der Waals surface area (Å²) in [6.07, 6.45) is 9.16. The summed E-state index contributed by atoms with van der Waals surface area (Å²) in [5, 5.41) is 3.06. The minimum atomic E-state index is 0.877. The van der Waals surface area contributed by atoms with E-state index in [0.717, 1.165) is 13.0 Å². The van der Waals surface area contributed by atoms with E-state index in [1.54, 1.807) is 6.20 Å². The first-order chi connectivity index (χ1) is 5.35. The third-order valence-electron chi connectivity index (χ3n) is 1.30. The first-order valence-electron chi connectivity index (χ1n) is 4.01. The van der Waals surface area contributed by atoms with Crippen molar-refractivity contribution in [2.45, 2.75) is 20.3 Å². The van der Waals surface area contributed by atoms with Crippen LogP contribution in [0.25, 0.3) is 0 Å². The quantitative estimate of drug-likeness (QED) is 0.596. The third kappa shape index (κ3) is 5.46. The second kappa shape index (κ2) is 7.13. The molecule has 0 fully saturated rings. The molecule has 0 rings (SSSR count). The van der Waals surface area contributed by atoms with Crippen molar-refractivity contribution < 1.29 is 0 Å². The molecule has 1 N–H and O–H groups in total. The molecule has 0 saturated carbocycles. The summed E-state index contributed by atoms with van der Waals surface area (Å²) in [7, 11) is 0. The monoisotopic (exact) mass is 151 g/mol. The SMILES string of the molecule is C=CNCC(/C=C\C)=C/CC. The summed E-state index contributed by atoms with van der Waals surface area (Å²) < 4.78 is 0. The number of nitrogens with one attached hydrogen (secondary N) is 1. The number of allylic oxidation sites excluding steroid dienone is 2. The molecular weight excluding hydrogens is 134 g/mol. The van der Waals surface area contributed by atoms with Crippen LogP contribution in [0.2, 0.25) is 0 Å². The van der Waals surface area contributed by atoms with Crippen LogP contribution in [0.1, 0.15) is 20.3 Å². The average molecular weight is 151 g/mol. The van der Waals surface area contributed by atoms with Crippen LogP contribution in [0.5, 0.6) is 0 Å². The number of rotatable bonds is 5. The van der Waals surface area contributed by atoms with E-state index in [4.69, 9.17) is 0 Å². The minimum absolute atomic E-state index is 0.877. The van der Waals surface area contributed by atoms with Gasteiger partial charge in [0.15, 0.2) is 0 Å². The van der Waals surface area contributed by atoms with Crippen LogP contribution in [-0.2, 0) is 0 Å². The normalized spacial score (nSPS) is 12.0. The summed E-state index contributed by atoms with van der Waals surface area (Å²) in [5.41, 5.74) is 1.31. The fraction of sp³-hybridized carbons (Fsp3) is 0.400. The number of hydrogen-bond donors (Lipinski definition) is 1. The highest BCUT2D eigenvalue weighted by atomic mass is 14.8. The van der Waals surface area contributed by atoms with Crippen LogP contribution in [0.4, 0.5) is 0 Å².